The van der Waals surface area contributed by atoms with E-state index in [0.717, 1.165) is 0 Å². The molecule has 0 aliphatic carbocycles. The molecule has 0 bridgehead atoms. The summed E-state index contributed by atoms with van der Waals surface area (Å²) < 4.78 is 15.4. The van der Waals surface area contributed by atoms with Gasteiger partial charge in [-0.15, -0.1) is 24.3 Å². The van der Waals surface area contributed by atoms with Crippen molar-refractivity contribution < 1.29 is 58.2 Å². The number of methoxy groups -OCH3 is 2. The second kappa shape index (κ2) is 19.8. The predicted molar refractivity (Wildman–Crippen MR) is 134 cm³/mol. The van der Waals surface area contributed by atoms with E-state index in [4.69, 9.17) is 19.3 Å². The molecule has 0 fully saturated rings. The number of carbonyl (C=O) groups excluding carboxylic acids is 1. The number of ether oxygens (including phenoxy) is 3. The third-order valence-electron chi connectivity index (χ3n) is 4.22. The Labute approximate surface area is 233 Å². The van der Waals surface area contributed by atoms with E-state index in [1.54, 1.807) is 73.8 Å². The molecule has 5 aromatic carbocycles. The van der Waals surface area contributed by atoms with Crippen LogP contribution in [0.2, 0.25) is 0 Å². The molecular formula is C29H28Fe2O5. The van der Waals surface area contributed by atoms with Gasteiger partial charge in [-0.3, -0.25) is 0 Å². The fourth-order valence-corrected chi connectivity index (χ4v) is 2.56. The van der Waals surface area contributed by atoms with E-state index in [1.165, 1.54) is 7.11 Å². The molecule has 0 atom stereocenters. The van der Waals surface area contributed by atoms with Gasteiger partial charge < -0.3 is 24.1 Å². The molecular weight excluding hydrogens is 540 g/mol. The summed E-state index contributed by atoms with van der Waals surface area (Å²) in [6, 6.07) is 38.8. The van der Waals surface area contributed by atoms with E-state index in [2.05, 4.69) is 0 Å². The Morgan fingerprint density at radius 3 is 1.56 bits per heavy atom. The van der Waals surface area contributed by atoms with Crippen LogP contribution in [0.25, 0.3) is 0 Å². The van der Waals surface area contributed by atoms with E-state index >= 15 is 0 Å². The first kappa shape index (κ1) is 32.5. The Kier molecular flexibility index (Phi) is 17.9. The number of hydrogen-bond acceptors (Lipinski definition) is 5. The molecule has 0 radical (unpaired) electrons. The smallest absolute Gasteiger partial charge is 0.566 e. The van der Waals surface area contributed by atoms with Crippen molar-refractivity contribution in [1.29, 1.82) is 0 Å². The number of carbonyl (C=O) groups is 1. The summed E-state index contributed by atoms with van der Waals surface area (Å²) in [5.74, 6) is 1.50. The minimum atomic E-state index is -0.429. The molecule has 0 heterocycles. The van der Waals surface area contributed by atoms with Crippen LogP contribution in [-0.2, 0) is 34.1 Å². The first-order chi connectivity index (χ1) is 16.6. The van der Waals surface area contributed by atoms with Crippen LogP contribution in [0.5, 0.6) is 23.0 Å². The third kappa shape index (κ3) is 12.8. The quantitative estimate of drug-likeness (QED) is 0.151. The van der Waals surface area contributed by atoms with E-state index in [0.29, 0.717) is 28.6 Å². The minimum absolute atomic E-state index is 0. The van der Waals surface area contributed by atoms with Crippen molar-refractivity contribution in [3.05, 3.63) is 133 Å². The monoisotopic (exact) mass is 568 g/mol. The van der Waals surface area contributed by atoms with Gasteiger partial charge in [0.2, 0.25) is 0 Å². The second-order valence-corrected chi connectivity index (χ2v) is 6.65. The van der Waals surface area contributed by atoms with Crippen LogP contribution in [-0.4, -0.2) is 25.3 Å². The molecule has 0 aliphatic heterocycles. The molecule has 190 valence electrons. The summed E-state index contributed by atoms with van der Waals surface area (Å²) in [6.45, 7) is 0. The normalized spacial score (nSPS) is 8.61. The zero-order valence-electron chi connectivity index (χ0n) is 19.9. The van der Waals surface area contributed by atoms with Crippen LogP contribution in [0.3, 0.4) is 0 Å². The average molecular weight is 568 g/mol. The summed E-state index contributed by atoms with van der Waals surface area (Å²) in [6.07, 6.45) is 0. The summed E-state index contributed by atoms with van der Waals surface area (Å²) >= 11 is 0. The van der Waals surface area contributed by atoms with Crippen LogP contribution in [0.1, 0.15) is 10.4 Å². The van der Waals surface area contributed by atoms with E-state index < -0.39 is 5.97 Å². The maximum Gasteiger partial charge on any atom is 2.00 e. The molecule has 7 heteroatoms. The molecule has 0 saturated heterocycles. The van der Waals surface area contributed by atoms with Gasteiger partial charge in [-0.1, -0.05) is 6.07 Å². The number of rotatable bonds is 4. The number of aromatic hydroxyl groups is 1. The van der Waals surface area contributed by atoms with Crippen molar-refractivity contribution >= 4 is 5.97 Å². The van der Waals surface area contributed by atoms with Crippen molar-refractivity contribution in [3.63, 3.8) is 0 Å². The van der Waals surface area contributed by atoms with Gasteiger partial charge in [0.1, 0.15) is 0 Å². The Morgan fingerprint density at radius 1 is 0.722 bits per heavy atom. The third-order valence-corrected chi connectivity index (χ3v) is 4.22. The molecule has 0 amide bonds. The van der Waals surface area contributed by atoms with Crippen LogP contribution < -0.4 is 14.2 Å². The molecule has 0 unspecified atom stereocenters. The van der Waals surface area contributed by atoms with E-state index in [9.17, 15) is 4.79 Å². The molecule has 0 aliphatic rings. The molecule has 36 heavy (non-hydrogen) atoms. The summed E-state index contributed by atoms with van der Waals surface area (Å²) in [4.78, 5) is 11.9. The molecule has 5 nitrogen and oxygen atoms in total. The van der Waals surface area contributed by atoms with Gasteiger partial charge >= 0.3 is 34.1 Å². The van der Waals surface area contributed by atoms with Crippen LogP contribution >= 0.6 is 0 Å². The van der Waals surface area contributed by atoms with Gasteiger partial charge in [-0.25, -0.2) is 36.4 Å². The zero-order chi connectivity index (χ0) is 24.4. The summed E-state index contributed by atoms with van der Waals surface area (Å²) in [5, 5.41) is 8.47. The van der Waals surface area contributed by atoms with E-state index in [-0.39, 0.29) is 34.1 Å². The van der Waals surface area contributed by atoms with Crippen molar-refractivity contribution in [3.8, 4) is 23.0 Å². The Hall–Kier alpha value is -3.47. The zero-order valence-corrected chi connectivity index (χ0v) is 22.1. The minimum Gasteiger partial charge on any atom is -0.566 e. The maximum atomic E-state index is 11.9. The summed E-state index contributed by atoms with van der Waals surface area (Å²) in [7, 11) is 3.06. The summed E-state index contributed by atoms with van der Waals surface area (Å²) in [5.41, 5.74) is 0.411. The number of esters is 1. The molecule has 5 aromatic rings. The van der Waals surface area contributed by atoms with Gasteiger partial charge in [0.25, 0.3) is 5.97 Å². The van der Waals surface area contributed by atoms with Gasteiger partial charge in [0, 0.05) is 17.1 Å². The van der Waals surface area contributed by atoms with Crippen LogP contribution in [0, 0.1) is 0 Å². The second-order valence-electron chi connectivity index (χ2n) is 6.65. The largest absolute Gasteiger partial charge is 2.00 e. The molecule has 0 aromatic heterocycles. The average Bonchev–Trinajstić information content (AvgIpc) is 3.69. The molecule has 0 spiro atoms. The van der Waals surface area contributed by atoms with E-state index in [1.807, 2.05) is 60.7 Å². The predicted octanol–water partition coefficient (Wildman–Crippen LogP) is 6.56. The molecule has 5 rings (SSSR count). The Balaban J connectivity index is 0.000000552. The SMILES string of the molecule is COc1ccc(C(=O)O[c-]2cccc2)cc1OC.O[c-]1cccc1.[Fe+2].[Fe+2].c1cc[cH-]c1.c1cc[cH-]c1. The standard InChI is InChI=1S/C14H13O4.C5H5O.2C5H5.2Fe/c1-16-12-8-7-10(9-13(12)17-2)14(15)18-11-5-3-4-6-11;6-5-3-1-2-4-5;2*1-2-4-5-3-1;;/h3-9H,1-2H3;1-4,6H;2*1-5H;;/q4*-1;2*+2. The topological polar surface area (TPSA) is 65.0 Å². The maximum absolute atomic E-state index is 11.9. The number of hydrogen-bond donors (Lipinski definition) is 1. The first-order valence-electron chi connectivity index (χ1n) is 10.5. The van der Waals surface area contributed by atoms with Crippen molar-refractivity contribution in [1.82, 2.24) is 0 Å². The molecule has 1 N–H and O–H groups in total. The van der Waals surface area contributed by atoms with Crippen LogP contribution in [0.15, 0.2) is 127 Å². The van der Waals surface area contributed by atoms with Gasteiger partial charge in [-0.2, -0.15) is 48.5 Å². The van der Waals surface area contributed by atoms with Crippen molar-refractivity contribution in [2.45, 2.75) is 0 Å². The molecule has 0 saturated carbocycles. The number of benzene rings is 1. The van der Waals surface area contributed by atoms with Crippen molar-refractivity contribution in [2.75, 3.05) is 14.2 Å². The first-order valence-corrected chi connectivity index (χ1v) is 10.5. The van der Waals surface area contributed by atoms with Gasteiger partial charge in [0.05, 0.1) is 14.2 Å². The fourth-order valence-electron chi connectivity index (χ4n) is 2.56. The Bertz CT molecular complexity index is 1050. The van der Waals surface area contributed by atoms with Crippen LogP contribution in [0.4, 0.5) is 0 Å². The van der Waals surface area contributed by atoms with Crippen molar-refractivity contribution in [2.24, 2.45) is 0 Å². The Morgan fingerprint density at radius 2 is 1.19 bits per heavy atom. The van der Waals surface area contributed by atoms with Gasteiger partial charge in [0.15, 0.2) is 11.5 Å². The fraction of sp³-hybridized carbons (Fsp3) is 0.0690. The van der Waals surface area contributed by atoms with Gasteiger partial charge in [-0.05, 0) is 12.1 Å².